The van der Waals surface area contributed by atoms with Crippen LogP contribution in [0.2, 0.25) is 5.02 Å². The predicted octanol–water partition coefficient (Wildman–Crippen LogP) is 6.73. The normalized spacial score (nSPS) is 16.1. The highest BCUT2D eigenvalue weighted by Gasteiger charge is 2.29. The number of carbonyl (C=O) groups is 1. The smallest absolute Gasteiger partial charge is 0.295 e. The molecule has 144 valence electrons. The second kappa shape index (κ2) is 7.93. The Hall–Kier alpha value is -1.76. The lowest BCUT2D eigenvalue weighted by Gasteiger charge is -2.27. The topological polar surface area (TPSA) is 45.8 Å². The van der Waals surface area contributed by atoms with Crippen molar-refractivity contribution in [1.82, 2.24) is 4.90 Å². The van der Waals surface area contributed by atoms with Gasteiger partial charge in [-0.3, -0.25) is 9.69 Å². The molecule has 0 aliphatic carbocycles. The fourth-order valence-corrected chi connectivity index (χ4v) is 4.61. The maximum Gasteiger partial charge on any atom is 0.295 e. The molecule has 0 unspecified atom stereocenters. The minimum Gasteiger partial charge on any atom is -0.451 e. The van der Waals surface area contributed by atoms with Gasteiger partial charge in [-0.15, -0.1) is 0 Å². The van der Waals surface area contributed by atoms with E-state index in [9.17, 15) is 4.79 Å². The maximum atomic E-state index is 13.3. The SMILES string of the molecule is Cc1ccc(N=C2SCCCN2C(=O)c2oc3ccc(Br)cc3c2C)cc1Cl. The number of amidine groups is 1. The van der Waals surface area contributed by atoms with Crippen LogP contribution in [-0.4, -0.2) is 28.3 Å². The molecular weight excluding hydrogens is 460 g/mol. The molecular formula is C21H18BrClN2O2S. The fraction of sp³-hybridized carbons (Fsp3) is 0.238. The number of fused-ring (bicyclic) bond motifs is 1. The lowest BCUT2D eigenvalue weighted by atomic mass is 10.1. The van der Waals surface area contributed by atoms with Crippen molar-refractivity contribution in [2.45, 2.75) is 20.3 Å². The Morgan fingerprint density at radius 1 is 1.25 bits per heavy atom. The number of thioether (sulfide) groups is 1. The van der Waals surface area contributed by atoms with Crippen molar-refractivity contribution in [3.05, 3.63) is 62.8 Å². The van der Waals surface area contributed by atoms with Gasteiger partial charge in [0, 0.05) is 32.7 Å². The zero-order valence-electron chi connectivity index (χ0n) is 15.5. The Bertz CT molecular complexity index is 1110. The number of hydrogen-bond donors (Lipinski definition) is 0. The third-order valence-electron chi connectivity index (χ3n) is 4.71. The van der Waals surface area contributed by atoms with Crippen LogP contribution in [0.4, 0.5) is 5.69 Å². The van der Waals surface area contributed by atoms with E-state index in [0.29, 0.717) is 28.1 Å². The molecule has 1 aliphatic heterocycles. The van der Waals surface area contributed by atoms with Crippen LogP contribution in [0.15, 0.2) is 50.3 Å². The molecule has 0 saturated carbocycles. The summed E-state index contributed by atoms with van der Waals surface area (Å²) in [5.41, 5.74) is 3.29. The molecule has 1 amide bonds. The second-order valence-electron chi connectivity index (χ2n) is 6.68. The number of aliphatic imine (C=N–C) groups is 1. The average Bonchev–Trinajstić information content (AvgIpc) is 3.01. The molecule has 1 saturated heterocycles. The van der Waals surface area contributed by atoms with Crippen LogP contribution in [0, 0.1) is 13.8 Å². The zero-order chi connectivity index (χ0) is 19.8. The average molecular weight is 478 g/mol. The van der Waals surface area contributed by atoms with E-state index in [1.165, 1.54) is 0 Å². The van der Waals surface area contributed by atoms with Gasteiger partial charge in [0.05, 0.1) is 5.69 Å². The van der Waals surface area contributed by atoms with Gasteiger partial charge in [0.1, 0.15) is 5.58 Å². The summed E-state index contributed by atoms with van der Waals surface area (Å²) < 4.78 is 6.86. The van der Waals surface area contributed by atoms with Crippen molar-refractivity contribution in [2.24, 2.45) is 4.99 Å². The first kappa shape index (κ1) is 19.6. The van der Waals surface area contributed by atoms with E-state index in [4.69, 9.17) is 21.0 Å². The highest BCUT2D eigenvalue weighted by Crippen LogP contribution is 2.31. The number of halogens is 2. The van der Waals surface area contributed by atoms with Gasteiger partial charge in [-0.1, -0.05) is 45.4 Å². The minimum atomic E-state index is -0.158. The Morgan fingerprint density at radius 3 is 2.86 bits per heavy atom. The Labute approximate surface area is 181 Å². The molecule has 1 aliphatic rings. The molecule has 2 aromatic carbocycles. The number of furan rings is 1. The van der Waals surface area contributed by atoms with Crippen molar-refractivity contribution >= 4 is 67.0 Å². The highest BCUT2D eigenvalue weighted by atomic mass is 79.9. The molecule has 0 spiro atoms. The summed E-state index contributed by atoms with van der Waals surface area (Å²) in [6.07, 6.45) is 0.912. The van der Waals surface area contributed by atoms with Crippen molar-refractivity contribution in [1.29, 1.82) is 0 Å². The number of nitrogens with zero attached hydrogens (tertiary/aromatic N) is 2. The Morgan fingerprint density at radius 2 is 2.07 bits per heavy atom. The van der Waals surface area contributed by atoms with Crippen molar-refractivity contribution in [2.75, 3.05) is 12.3 Å². The van der Waals surface area contributed by atoms with Crippen LogP contribution in [0.1, 0.15) is 28.1 Å². The molecule has 1 fully saturated rings. The molecule has 4 rings (SSSR count). The monoisotopic (exact) mass is 476 g/mol. The molecule has 0 atom stereocenters. The number of hydrogen-bond acceptors (Lipinski definition) is 4. The van der Waals surface area contributed by atoms with Crippen molar-refractivity contribution < 1.29 is 9.21 Å². The van der Waals surface area contributed by atoms with E-state index >= 15 is 0 Å². The van der Waals surface area contributed by atoms with E-state index in [-0.39, 0.29) is 5.91 Å². The van der Waals surface area contributed by atoms with Gasteiger partial charge in [0.25, 0.3) is 5.91 Å². The maximum absolute atomic E-state index is 13.3. The first-order valence-electron chi connectivity index (χ1n) is 8.92. The van der Waals surface area contributed by atoms with Crippen LogP contribution in [0.5, 0.6) is 0 Å². The first-order valence-corrected chi connectivity index (χ1v) is 11.1. The van der Waals surface area contributed by atoms with Gasteiger partial charge in [-0.25, -0.2) is 4.99 Å². The fourth-order valence-electron chi connectivity index (χ4n) is 3.12. The van der Waals surface area contributed by atoms with Crippen LogP contribution >= 0.6 is 39.3 Å². The summed E-state index contributed by atoms with van der Waals surface area (Å²) >= 11 is 11.3. The summed E-state index contributed by atoms with van der Waals surface area (Å²) in [5.74, 6) is 1.13. The molecule has 3 aromatic rings. The quantitative estimate of drug-likeness (QED) is 0.411. The molecule has 0 bridgehead atoms. The van der Waals surface area contributed by atoms with Crippen molar-refractivity contribution in [3.8, 4) is 0 Å². The molecule has 7 heteroatoms. The van der Waals surface area contributed by atoms with Gasteiger partial charge < -0.3 is 4.42 Å². The number of carbonyl (C=O) groups excluding carboxylic acids is 1. The summed E-state index contributed by atoms with van der Waals surface area (Å²) in [5, 5.41) is 2.28. The summed E-state index contributed by atoms with van der Waals surface area (Å²) in [7, 11) is 0. The van der Waals surface area contributed by atoms with Crippen LogP contribution in [0.25, 0.3) is 11.0 Å². The minimum absolute atomic E-state index is 0.158. The Balaban J connectivity index is 1.71. The molecule has 2 heterocycles. The molecule has 1 aromatic heterocycles. The largest absolute Gasteiger partial charge is 0.451 e. The number of aryl methyl sites for hydroxylation is 2. The summed E-state index contributed by atoms with van der Waals surface area (Å²) in [6, 6.07) is 11.4. The van der Waals surface area contributed by atoms with E-state index in [2.05, 4.69) is 15.9 Å². The van der Waals surface area contributed by atoms with Gasteiger partial charge in [0.2, 0.25) is 0 Å². The van der Waals surface area contributed by atoms with Crippen LogP contribution < -0.4 is 0 Å². The van der Waals surface area contributed by atoms with Crippen LogP contribution in [-0.2, 0) is 0 Å². The van der Waals surface area contributed by atoms with E-state index in [1.54, 1.807) is 16.7 Å². The molecule has 0 radical (unpaired) electrons. The molecule has 4 nitrogen and oxygen atoms in total. The molecule has 0 N–H and O–H groups in total. The van der Waals surface area contributed by atoms with Gasteiger partial charge in [-0.2, -0.15) is 0 Å². The Kier molecular flexibility index (Phi) is 5.54. The third-order valence-corrected chi connectivity index (χ3v) is 6.67. The predicted molar refractivity (Wildman–Crippen MR) is 120 cm³/mol. The lowest BCUT2D eigenvalue weighted by Crippen LogP contribution is -2.39. The highest BCUT2D eigenvalue weighted by molar-refractivity contribution is 9.10. The third kappa shape index (κ3) is 3.73. The van der Waals surface area contributed by atoms with Gasteiger partial charge in [0.15, 0.2) is 10.9 Å². The van der Waals surface area contributed by atoms with E-state index < -0.39 is 0 Å². The lowest BCUT2D eigenvalue weighted by molar-refractivity contribution is 0.0820. The van der Waals surface area contributed by atoms with Gasteiger partial charge >= 0.3 is 0 Å². The summed E-state index contributed by atoms with van der Waals surface area (Å²) in [6.45, 7) is 4.48. The molecule has 28 heavy (non-hydrogen) atoms. The number of rotatable bonds is 2. The zero-order valence-corrected chi connectivity index (χ0v) is 18.6. The van der Waals surface area contributed by atoms with Gasteiger partial charge in [-0.05, 0) is 56.2 Å². The van der Waals surface area contributed by atoms with Crippen molar-refractivity contribution in [3.63, 3.8) is 0 Å². The standard InChI is InChI=1S/C21H18BrClN2O2S/c1-12-4-6-15(11-17(12)23)24-21-25(8-3-9-28-21)20(26)19-13(2)16-10-14(22)5-7-18(16)27-19/h4-7,10-11H,3,8-9H2,1-2H3. The van der Waals surface area contributed by atoms with E-state index in [0.717, 1.165) is 38.8 Å². The number of benzene rings is 2. The second-order valence-corrected chi connectivity index (χ2v) is 9.07. The van der Waals surface area contributed by atoms with E-state index in [1.807, 2.05) is 50.2 Å². The first-order chi connectivity index (χ1) is 13.4. The van der Waals surface area contributed by atoms with Crippen LogP contribution in [0.3, 0.4) is 0 Å². The summed E-state index contributed by atoms with van der Waals surface area (Å²) in [4.78, 5) is 19.7. The number of amides is 1.